The van der Waals surface area contributed by atoms with Gasteiger partial charge in [0, 0.05) is 42.6 Å². The smallest absolute Gasteiger partial charge is 0.256 e. The summed E-state index contributed by atoms with van der Waals surface area (Å²) in [6.07, 6.45) is 4.39. The molecule has 3 aromatic rings. The van der Waals surface area contributed by atoms with E-state index >= 15 is 0 Å². The van der Waals surface area contributed by atoms with Crippen molar-refractivity contribution in [3.05, 3.63) is 83.1 Å². The van der Waals surface area contributed by atoms with Crippen LogP contribution in [0.25, 0.3) is 11.1 Å². The lowest BCUT2D eigenvalue weighted by atomic mass is 10.0. The molecule has 2 unspecified atom stereocenters. The molecule has 0 radical (unpaired) electrons. The number of pyridine rings is 1. The molecule has 2 aromatic carbocycles. The van der Waals surface area contributed by atoms with Gasteiger partial charge in [0.1, 0.15) is 12.1 Å². The van der Waals surface area contributed by atoms with Crippen molar-refractivity contribution in [3.63, 3.8) is 0 Å². The fraction of sp³-hybridized carbons (Fsp3) is 0.276. The second kappa shape index (κ2) is 10.1. The number of carbonyl (C=O) groups is 4. The minimum absolute atomic E-state index is 0.0717. The number of carbonyl (C=O) groups excluding carboxylic acids is 4. The van der Waals surface area contributed by atoms with Crippen LogP contribution in [0.5, 0.6) is 0 Å². The molecule has 0 bridgehead atoms. The van der Waals surface area contributed by atoms with Gasteiger partial charge in [-0.15, -0.1) is 0 Å². The Labute approximate surface area is 230 Å². The first-order valence-corrected chi connectivity index (χ1v) is 13.3. The number of anilines is 1. The summed E-state index contributed by atoms with van der Waals surface area (Å²) in [6.45, 7) is 1.07. The van der Waals surface area contributed by atoms with Gasteiger partial charge in [0.25, 0.3) is 11.8 Å². The van der Waals surface area contributed by atoms with Gasteiger partial charge in [-0.3, -0.25) is 24.2 Å². The maximum absolute atomic E-state index is 13.6. The number of nitrogens with zero attached hydrogens (tertiary/aromatic N) is 4. The third-order valence-corrected chi connectivity index (χ3v) is 7.92. The molecule has 2 saturated heterocycles. The van der Waals surface area contributed by atoms with Crippen molar-refractivity contribution >= 4 is 40.9 Å². The number of nitrogens with one attached hydrogen (secondary N) is 1. The van der Waals surface area contributed by atoms with Crippen LogP contribution in [-0.4, -0.2) is 81.6 Å². The Kier molecular flexibility index (Phi) is 6.52. The Balaban J connectivity index is 1.21. The summed E-state index contributed by atoms with van der Waals surface area (Å²) in [4.78, 5) is 62.3. The van der Waals surface area contributed by atoms with Crippen molar-refractivity contribution in [2.75, 3.05) is 31.5 Å². The molecular weight excluding hydrogens is 518 g/mol. The van der Waals surface area contributed by atoms with Crippen LogP contribution in [0.15, 0.2) is 67.0 Å². The highest BCUT2D eigenvalue weighted by molar-refractivity contribution is 6.30. The van der Waals surface area contributed by atoms with Crippen molar-refractivity contribution in [3.8, 4) is 11.1 Å². The lowest BCUT2D eigenvalue weighted by Crippen LogP contribution is -2.61. The molecule has 2 fully saturated rings. The third-order valence-electron chi connectivity index (χ3n) is 7.67. The van der Waals surface area contributed by atoms with Crippen LogP contribution in [-0.2, 0) is 9.59 Å². The first-order chi connectivity index (χ1) is 18.9. The topological polar surface area (TPSA) is 103 Å². The number of fused-ring (bicyclic) bond motifs is 2. The van der Waals surface area contributed by atoms with E-state index in [1.807, 2.05) is 18.2 Å². The van der Waals surface area contributed by atoms with E-state index in [0.717, 1.165) is 17.5 Å². The van der Waals surface area contributed by atoms with E-state index in [9.17, 15) is 19.2 Å². The first-order valence-electron chi connectivity index (χ1n) is 12.9. The Hall–Kier alpha value is -4.24. The van der Waals surface area contributed by atoms with Crippen LogP contribution in [0.1, 0.15) is 33.6 Å². The van der Waals surface area contributed by atoms with Crippen molar-refractivity contribution in [2.45, 2.75) is 24.9 Å². The zero-order chi connectivity index (χ0) is 27.1. The summed E-state index contributed by atoms with van der Waals surface area (Å²) in [6, 6.07) is 14.5. The van der Waals surface area contributed by atoms with E-state index in [1.54, 1.807) is 63.5 Å². The number of piperazine rings is 1. The fourth-order valence-corrected chi connectivity index (χ4v) is 5.74. The van der Waals surface area contributed by atoms with Crippen LogP contribution in [0.3, 0.4) is 0 Å². The average Bonchev–Trinajstić information content (AvgIpc) is 3.43. The molecule has 3 aliphatic rings. The summed E-state index contributed by atoms with van der Waals surface area (Å²) < 4.78 is 0. The Morgan fingerprint density at radius 1 is 0.923 bits per heavy atom. The molecule has 4 amide bonds. The lowest BCUT2D eigenvalue weighted by Gasteiger charge is -2.41. The molecular formula is C29H26ClN5O4. The van der Waals surface area contributed by atoms with Gasteiger partial charge in [-0.25, -0.2) is 0 Å². The molecule has 1 aromatic heterocycles. The van der Waals surface area contributed by atoms with Crippen LogP contribution >= 0.6 is 11.6 Å². The lowest BCUT2D eigenvalue weighted by molar-refractivity contribution is -0.139. The molecule has 198 valence electrons. The molecule has 39 heavy (non-hydrogen) atoms. The second-order valence-corrected chi connectivity index (χ2v) is 10.4. The number of amides is 4. The predicted molar refractivity (Wildman–Crippen MR) is 145 cm³/mol. The Morgan fingerprint density at radius 2 is 1.67 bits per heavy atom. The predicted octanol–water partition coefficient (Wildman–Crippen LogP) is 3.31. The van der Waals surface area contributed by atoms with Gasteiger partial charge in [-0.2, -0.15) is 0 Å². The molecule has 3 aliphatic heterocycles. The zero-order valence-corrected chi connectivity index (χ0v) is 21.8. The number of hydrogen-bond acceptors (Lipinski definition) is 5. The van der Waals surface area contributed by atoms with Crippen LogP contribution in [0.2, 0.25) is 5.02 Å². The monoisotopic (exact) mass is 543 g/mol. The number of hydrogen-bond donors (Lipinski definition) is 1. The van der Waals surface area contributed by atoms with Crippen molar-refractivity contribution < 1.29 is 19.2 Å². The standard InChI is InChI=1S/C29H26ClN5O4/c30-21-6-3-18(4-7-21)20-5-8-23-22(16-20)28(38)35-15-14-33(17-25(35)26(36)32-23)29(39)24-2-1-13-34(24)27(37)19-9-11-31-12-10-19/h3-12,16,24-25H,1-2,13-15,17H2,(H,32,36). The third kappa shape index (κ3) is 4.63. The van der Waals surface area contributed by atoms with Gasteiger partial charge in [-0.05, 0) is 60.4 Å². The van der Waals surface area contributed by atoms with Crippen LogP contribution < -0.4 is 5.32 Å². The van der Waals surface area contributed by atoms with Crippen molar-refractivity contribution in [2.24, 2.45) is 0 Å². The van der Waals surface area contributed by atoms with E-state index in [4.69, 9.17) is 11.6 Å². The molecule has 0 aliphatic carbocycles. The van der Waals surface area contributed by atoms with Gasteiger partial charge in [-0.1, -0.05) is 29.8 Å². The molecule has 10 heteroatoms. The molecule has 0 spiro atoms. The van der Waals surface area contributed by atoms with Gasteiger partial charge in [0.05, 0.1) is 17.8 Å². The maximum Gasteiger partial charge on any atom is 0.256 e. The maximum atomic E-state index is 13.6. The molecule has 6 rings (SSSR count). The molecule has 0 saturated carbocycles. The summed E-state index contributed by atoms with van der Waals surface area (Å²) in [5.74, 6) is -0.996. The zero-order valence-electron chi connectivity index (χ0n) is 21.0. The number of halogens is 1. The minimum atomic E-state index is -0.827. The summed E-state index contributed by atoms with van der Waals surface area (Å²) in [7, 11) is 0. The quantitative estimate of drug-likeness (QED) is 0.546. The largest absolute Gasteiger partial charge is 0.337 e. The highest BCUT2D eigenvalue weighted by Crippen LogP contribution is 2.31. The minimum Gasteiger partial charge on any atom is -0.337 e. The van der Waals surface area contributed by atoms with Crippen molar-refractivity contribution in [1.29, 1.82) is 0 Å². The second-order valence-electron chi connectivity index (χ2n) is 9.95. The molecule has 1 N–H and O–H groups in total. The Morgan fingerprint density at radius 3 is 2.44 bits per heavy atom. The van der Waals surface area contributed by atoms with E-state index < -0.39 is 12.1 Å². The number of aromatic nitrogens is 1. The first kappa shape index (κ1) is 25.1. The molecule has 4 heterocycles. The fourth-order valence-electron chi connectivity index (χ4n) is 5.61. The number of benzene rings is 2. The average molecular weight is 544 g/mol. The number of likely N-dealkylation sites (tertiary alicyclic amines) is 1. The van der Waals surface area contributed by atoms with Gasteiger partial charge in [0.15, 0.2) is 0 Å². The van der Waals surface area contributed by atoms with Gasteiger partial charge in [0.2, 0.25) is 11.8 Å². The van der Waals surface area contributed by atoms with Gasteiger partial charge >= 0.3 is 0 Å². The summed E-state index contributed by atoms with van der Waals surface area (Å²) >= 11 is 6.02. The summed E-state index contributed by atoms with van der Waals surface area (Å²) in [5.41, 5.74) is 3.07. The van der Waals surface area contributed by atoms with E-state index in [0.29, 0.717) is 34.8 Å². The Bertz CT molecular complexity index is 1460. The molecule has 2 atom stereocenters. The normalized spacial score (nSPS) is 20.7. The van der Waals surface area contributed by atoms with Crippen LogP contribution in [0.4, 0.5) is 5.69 Å². The highest BCUT2D eigenvalue weighted by Gasteiger charge is 2.43. The summed E-state index contributed by atoms with van der Waals surface area (Å²) in [5, 5.41) is 3.51. The molecule has 9 nitrogen and oxygen atoms in total. The SMILES string of the molecule is O=C1Nc2ccc(-c3ccc(Cl)cc3)cc2C(=O)N2CCN(C(=O)C3CCCN3C(=O)c3ccncc3)CC12. The van der Waals surface area contributed by atoms with Crippen molar-refractivity contribution in [1.82, 2.24) is 19.7 Å². The highest BCUT2D eigenvalue weighted by atomic mass is 35.5. The van der Waals surface area contributed by atoms with E-state index in [2.05, 4.69) is 10.3 Å². The number of rotatable bonds is 3. The van der Waals surface area contributed by atoms with E-state index in [-0.39, 0.29) is 43.3 Å². The van der Waals surface area contributed by atoms with E-state index in [1.165, 1.54) is 0 Å². The van der Waals surface area contributed by atoms with Gasteiger partial charge < -0.3 is 20.0 Å². The van der Waals surface area contributed by atoms with Crippen LogP contribution in [0, 0.1) is 0 Å².